The summed E-state index contributed by atoms with van der Waals surface area (Å²) in [6.45, 7) is 2.50. The van der Waals surface area contributed by atoms with Gasteiger partial charge in [0.05, 0.1) is 12.2 Å². The Morgan fingerprint density at radius 1 is 1.08 bits per heavy atom. The van der Waals surface area contributed by atoms with Crippen molar-refractivity contribution in [1.82, 2.24) is 9.88 Å². The van der Waals surface area contributed by atoms with Crippen LogP contribution in [0.2, 0.25) is 0 Å². The van der Waals surface area contributed by atoms with Gasteiger partial charge in [-0.1, -0.05) is 0 Å². The van der Waals surface area contributed by atoms with Crippen LogP contribution in [0.15, 0.2) is 23.6 Å². The van der Waals surface area contributed by atoms with E-state index in [9.17, 15) is 22.0 Å². The fourth-order valence-electron chi connectivity index (χ4n) is 2.59. The predicted octanol–water partition coefficient (Wildman–Crippen LogP) is 3.76. The van der Waals surface area contributed by atoms with E-state index < -0.39 is 23.5 Å². The molecule has 0 unspecified atom stereocenters. The Labute approximate surface area is 139 Å². The molecular weight excluding hydrogens is 349 g/mol. The summed E-state index contributed by atoms with van der Waals surface area (Å²) in [6.07, 6.45) is -4.42. The number of thiazole rings is 1. The predicted molar refractivity (Wildman–Crippen MR) is 81.0 cm³/mol. The highest BCUT2D eigenvalue weighted by Crippen LogP contribution is 2.30. The Kier molecular flexibility index (Phi) is 4.73. The van der Waals surface area contributed by atoms with Crippen LogP contribution in [-0.2, 0) is 12.7 Å². The fraction of sp³-hybridized carbons (Fsp3) is 0.400. The maximum Gasteiger partial charge on any atom is 0.434 e. The van der Waals surface area contributed by atoms with Crippen LogP contribution in [0.5, 0.6) is 0 Å². The van der Waals surface area contributed by atoms with E-state index in [2.05, 4.69) is 4.98 Å². The Morgan fingerprint density at radius 3 is 2.38 bits per heavy atom. The van der Waals surface area contributed by atoms with E-state index in [1.165, 1.54) is 12.1 Å². The zero-order chi connectivity index (χ0) is 17.3. The molecule has 1 aromatic heterocycles. The van der Waals surface area contributed by atoms with Crippen molar-refractivity contribution >= 4 is 17.0 Å². The number of alkyl halides is 3. The molecule has 2 heterocycles. The van der Waals surface area contributed by atoms with Gasteiger partial charge in [0.25, 0.3) is 0 Å². The van der Waals surface area contributed by atoms with Crippen LogP contribution in [-0.4, -0.2) is 36.1 Å². The first-order valence-corrected chi connectivity index (χ1v) is 8.15. The number of piperazine rings is 1. The standard InChI is InChI=1S/C15H14F5N3S/c16-10-1-2-12(11(17)7-10)23-5-3-22(4-6-23)8-14-21-13(9-24-14)15(18,19)20/h1-2,7,9H,3-6,8H2. The normalized spacial score (nSPS) is 16.6. The molecule has 1 fully saturated rings. The van der Waals surface area contributed by atoms with Crippen LogP contribution in [0.1, 0.15) is 10.7 Å². The largest absolute Gasteiger partial charge is 0.434 e. The van der Waals surface area contributed by atoms with E-state index in [0.29, 0.717) is 43.4 Å². The van der Waals surface area contributed by atoms with Crippen molar-refractivity contribution in [3.8, 4) is 0 Å². The minimum Gasteiger partial charge on any atom is -0.367 e. The molecule has 0 spiro atoms. The number of aromatic nitrogens is 1. The average Bonchev–Trinajstić information content (AvgIpc) is 2.97. The summed E-state index contributed by atoms with van der Waals surface area (Å²) in [5.41, 5.74) is -0.529. The summed E-state index contributed by atoms with van der Waals surface area (Å²) in [6, 6.07) is 3.45. The Hall–Kier alpha value is -1.74. The molecule has 1 saturated heterocycles. The van der Waals surface area contributed by atoms with Gasteiger partial charge in [0.2, 0.25) is 0 Å². The molecule has 1 aliphatic rings. The number of rotatable bonds is 3. The molecular formula is C15H14F5N3S. The molecule has 3 nitrogen and oxygen atoms in total. The highest BCUT2D eigenvalue weighted by Gasteiger charge is 2.34. The molecule has 3 rings (SSSR count). The van der Waals surface area contributed by atoms with Crippen LogP contribution in [0.3, 0.4) is 0 Å². The molecule has 0 saturated carbocycles. The lowest BCUT2D eigenvalue weighted by Gasteiger charge is -2.35. The Morgan fingerprint density at radius 2 is 1.79 bits per heavy atom. The van der Waals surface area contributed by atoms with Crippen LogP contribution in [0.4, 0.5) is 27.6 Å². The number of anilines is 1. The first kappa shape index (κ1) is 17.1. The number of nitrogens with zero attached hydrogens (tertiary/aromatic N) is 3. The van der Waals surface area contributed by atoms with Crippen LogP contribution in [0, 0.1) is 11.6 Å². The van der Waals surface area contributed by atoms with Crippen molar-refractivity contribution in [1.29, 1.82) is 0 Å². The zero-order valence-corrected chi connectivity index (χ0v) is 13.3. The van der Waals surface area contributed by atoms with Gasteiger partial charge in [0.15, 0.2) is 5.69 Å². The molecule has 0 amide bonds. The Bertz CT molecular complexity index is 707. The number of hydrogen-bond acceptors (Lipinski definition) is 4. The van der Waals surface area contributed by atoms with Gasteiger partial charge in [0, 0.05) is 37.6 Å². The number of halogens is 5. The van der Waals surface area contributed by atoms with Gasteiger partial charge in [0.1, 0.15) is 16.6 Å². The quantitative estimate of drug-likeness (QED) is 0.774. The summed E-state index contributed by atoms with van der Waals surface area (Å²) < 4.78 is 64.4. The van der Waals surface area contributed by atoms with Crippen molar-refractivity contribution in [2.45, 2.75) is 12.7 Å². The lowest BCUT2D eigenvalue weighted by Crippen LogP contribution is -2.46. The van der Waals surface area contributed by atoms with Crippen LogP contribution in [0.25, 0.3) is 0 Å². The topological polar surface area (TPSA) is 19.4 Å². The third kappa shape index (κ3) is 3.84. The van der Waals surface area contributed by atoms with Gasteiger partial charge in [-0.2, -0.15) is 13.2 Å². The fourth-order valence-corrected chi connectivity index (χ4v) is 3.43. The number of hydrogen-bond donors (Lipinski definition) is 0. The average molecular weight is 363 g/mol. The monoisotopic (exact) mass is 363 g/mol. The van der Waals surface area contributed by atoms with Crippen molar-refractivity contribution < 1.29 is 22.0 Å². The second-order valence-corrected chi connectivity index (χ2v) is 6.43. The maximum absolute atomic E-state index is 13.8. The van der Waals surface area contributed by atoms with E-state index in [1.807, 2.05) is 4.90 Å². The van der Waals surface area contributed by atoms with E-state index in [1.54, 1.807) is 4.90 Å². The highest BCUT2D eigenvalue weighted by atomic mass is 32.1. The molecule has 0 aliphatic carbocycles. The molecule has 2 aromatic rings. The summed E-state index contributed by atoms with van der Waals surface area (Å²) in [5, 5.41) is 1.42. The van der Waals surface area contributed by atoms with Crippen molar-refractivity contribution in [3.63, 3.8) is 0 Å². The van der Waals surface area contributed by atoms with Gasteiger partial charge in [-0.15, -0.1) is 11.3 Å². The summed E-state index contributed by atoms with van der Waals surface area (Å²) in [4.78, 5) is 7.38. The smallest absolute Gasteiger partial charge is 0.367 e. The van der Waals surface area contributed by atoms with Crippen molar-refractivity contribution in [3.05, 3.63) is 45.9 Å². The molecule has 0 atom stereocenters. The molecule has 0 radical (unpaired) electrons. The summed E-state index contributed by atoms with van der Waals surface area (Å²) in [7, 11) is 0. The summed E-state index contributed by atoms with van der Waals surface area (Å²) in [5.74, 6) is -1.24. The van der Waals surface area contributed by atoms with Crippen LogP contribution >= 0.6 is 11.3 Å². The first-order valence-electron chi connectivity index (χ1n) is 7.27. The molecule has 0 bridgehead atoms. The highest BCUT2D eigenvalue weighted by molar-refractivity contribution is 7.09. The van der Waals surface area contributed by atoms with E-state index in [0.717, 1.165) is 22.8 Å². The lowest BCUT2D eigenvalue weighted by molar-refractivity contribution is -0.140. The SMILES string of the molecule is Fc1ccc(N2CCN(Cc3nc(C(F)(F)F)cs3)CC2)c(F)c1. The van der Waals surface area contributed by atoms with E-state index in [-0.39, 0.29) is 0 Å². The second kappa shape index (κ2) is 6.64. The van der Waals surface area contributed by atoms with Gasteiger partial charge < -0.3 is 4.90 Å². The van der Waals surface area contributed by atoms with Crippen LogP contribution < -0.4 is 4.90 Å². The van der Waals surface area contributed by atoms with E-state index in [4.69, 9.17) is 0 Å². The third-order valence-corrected chi connectivity index (χ3v) is 4.66. The minimum atomic E-state index is -4.42. The second-order valence-electron chi connectivity index (χ2n) is 5.48. The van der Waals surface area contributed by atoms with Crippen molar-refractivity contribution in [2.75, 3.05) is 31.1 Å². The van der Waals surface area contributed by atoms with Crippen molar-refractivity contribution in [2.24, 2.45) is 0 Å². The lowest BCUT2D eigenvalue weighted by atomic mass is 10.2. The number of benzene rings is 1. The third-order valence-electron chi connectivity index (χ3n) is 3.82. The Balaban J connectivity index is 1.58. The zero-order valence-electron chi connectivity index (χ0n) is 12.5. The molecule has 1 aromatic carbocycles. The van der Waals surface area contributed by atoms with Gasteiger partial charge >= 0.3 is 6.18 Å². The molecule has 9 heteroatoms. The first-order chi connectivity index (χ1) is 11.3. The van der Waals surface area contributed by atoms with E-state index >= 15 is 0 Å². The maximum atomic E-state index is 13.8. The molecule has 1 aliphatic heterocycles. The minimum absolute atomic E-state index is 0.334. The molecule has 0 N–H and O–H groups in total. The van der Waals surface area contributed by atoms with Gasteiger partial charge in [-0.25, -0.2) is 13.8 Å². The summed E-state index contributed by atoms with van der Waals surface area (Å²) >= 11 is 0.983. The molecule has 24 heavy (non-hydrogen) atoms. The molecule has 130 valence electrons. The van der Waals surface area contributed by atoms with Gasteiger partial charge in [-0.05, 0) is 12.1 Å². The van der Waals surface area contributed by atoms with Gasteiger partial charge in [-0.3, -0.25) is 4.90 Å².